The molecule has 0 bridgehead atoms. The SMILES string of the molecule is c1ccc(-c2ccc(N(c3ccc(-c4cccc(-c5ccccc5-n5c6ccccc6c6ccccc65)c4)cc3)c3ccc4c(ccc5ccccc54)c3)cc2)cc1. The molecule has 0 saturated heterocycles. The van der Waals surface area contributed by atoms with Crippen LogP contribution in [0.15, 0.2) is 231 Å². The van der Waals surface area contributed by atoms with Crippen LogP contribution in [0.25, 0.3) is 82.4 Å². The van der Waals surface area contributed by atoms with Crippen LogP contribution in [-0.4, -0.2) is 4.57 Å². The van der Waals surface area contributed by atoms with Gasteiger partial charge < -0.3 is 9.47 Å². The van der Waals surface area contributed by atoms with Crippen LogP contribution < -0.4 is 4.90 Å². The molecule has 11 aromatic rings. The van der Waals surface area contributed by atoms with Crippen molar-refractivity contribution in [3.05, 3.63) is 231 Å². The lowest BCUT2D eigenvalue weighted by atomic mass is 9.97. The Morgan fingerprint density at radius 3 is 1.50 bits per heavy atom. The number of anilines is 3. The third kappa shape index (κ3) is 5.82. The lowest BCUT2D eigenvalue weighted by molar-refractivity contribution is 1.18. The van der Waals surface area contributed by atoms with Crippen molar-refractivity contribution in [2.45, 2.75) is 0 Å². The molecule has 58 heavy (non-hydrogen) atoms. The summed E-state index contributed by atoms with van der Waals surface area (Å²) >= 11 is 0. The molecule has 0 aliphatic heterocycles. The summed E-state index contributed by atoms with van der Waals surface area (Å²) < 4.78 is 2.41. The van der Waals surface area contributed by atoms with E-state index in [2.05, 4.69) is 240 Å². The van der Waals surface area contributed by atoms with Gasteiger partial charge in [-0.1, -0.05) is 170 Å². The zero-order chi connectivity index (χ0) is 38.4. The molecule has 0 aliphatic carbocycles. The monoisotopic (exact) mass is 738 g/mol. The fourth-order valence-electron chi connectivity index (χ4n) is 8.78. The van der Waals surface area contributed by atoms with E-state index in [4.69, 9.17) is 0 Å². The molecule has 11 rings (SSSR count). The van der Waals surface area contributed by atoms with Crippen LogP contribution in [0.1, 0.15) is 0 Å². The average molecular weight is 739 g/mol. The van der Waals surface area contributed by atoms with Crippen LogP contribution in [0.3, 0.4) is 0 Å². The number of para-hydroxylation sites is 3. The van der Waals surface area contributed by atoms with E-state index in [1.165, 1.54) is 82.4 Å². The van der Waals surface area contributed by atoms with E-state index in [0.29, 0.717) is 0 Å². The predicted molar refractivity (Wildman–Crippen MR) is 247 cm³/mol. The molecule has 2 heteroatoms. The molecule has 2 nitrogen and oxygen atoms in total. The predicted octanol–water partition coefficient (Wildman–Crippen LogP) is 15.6. The second-order valence-electron chi connectivity index (χ2n) is 15.0. The Morgan fingerprint density at radius 2 is 0.776 bits per heavy atom. The van der Waals surface area contributed by atoms with Crippen molar-refractivity contribution < 1.29 is 0 Å². The van der Waals surface area contributed by atoms with Gasteiger partial charge in [-0.2, -0.15) is 0 Å². The Hall–Kier alpha value is -7.68. The highest BCUT2D eigenvalue weighted by Crippen LogP contribution is 2.40. The van der Waals surface area contributed by atoms with E-state index >= 15 is 0 Å². The molecule has 0 fully saturated rings. The Labute approximate surface area is 338 Å². The Bertz CT molecular complexity index is 3210. The van der Waals surface area contributed by atoms with E-state index in [9.17, 15) is 0 Å². The smallest absolute Gasteiger partial charge is 0.0541 e. The molecule has 0 spiro atoms. The lowest BCUT2D eigenvalue weighted by Gasteiger charge is -2.26. The maximum Gasteiger partial charge on any atom is 0.0541 e. The van der Waals surface area contributed by atoms with E-state index in [-0.39, 0.29) is 0 Å². The summed E-state index contributed by atoms with van der Waals surface area (Å²) in [7, 11) is 0. The lowest BCUT2D eigenvalue weighted by Crippen LogP contribution is -2.09. The number of aromatic nitrogens is 1. The molecule has 272 valence electrons. The molecule has 0 amide bonds. The standard InChI is InChI=1S/C56H38N2/c1-2-13-39(14-3-1)40-27-31-46(32-28-40)57(48-35-36-50-45(38-48)26-25-42-15-4-5-18-49(42)50)47-33-29-41(30-34-47)43-16-12-17-44(37-43)51-19-6-9-22-54(51)58-55-23-10-7-20-52(55)53-21-8-11-24-56(53)58/h1-38H. The maximum absolute atomic E-state index is 2.41. The highest BCUT2D eigenvalue weighted by molar-refractivity contribution is 6.10. The van der Waals surface area contributed by atoms with Gasteiger partial charge in [-0.15, -0.1) is 0 Å². The van der Waals surface area contributed by atoms with Crippen LogP contribution in [-0.2, 0) is 0 Å². The van der Waals surface area contributed by atoms with Crippen molar-refractivity contribution >= 4 is 60.4 Å². The highest BCUT2D eigenvalue weighted by atomic mass is 15.1. The molecule has 10 aromatic carbocycles. The van der Waals surface area contributed by atoms with E-state index in [1.807, 2.05) is 0 Å². The fraction of sp³-hybridized carbons (Fsp3) is 0. The normalized spacial score (nSPS) is 11.4. The zero-order valence-corrected chi connectivity index (χ0v) is 31.8. The average Bonchev–Trinajstić information content (AvgIpc) is 3.64. The van der Waals surface area contributed by atoms with Gasteiger partial charge in [0.25, 0.3) is 0 Å². The second-order valence-corrected chi connectivity index (χ2v) is 15.0. The summed E-state index contributed by atoms with van der Waals surface area (Å²) in [4.78, 5) is 2.37. The number of hydrogen-bond acceptors (Lipinski definition) is 1. The van der Waals surface area contributed by atoms with Crippen molar-refractivity contribution in [3.8, 4) is 39.1 Å². The topological polar surface area (TPSA) is 8.17 Å². The molecular formula is C56H38N2. The van der Waals surface area contributed by atoms with Crippen LogP contribution >= 0.6 is 0 Å². The van der Waals surface area contributed by atoms with Crippen molar-refractivity contribution in [1.82, 2.24) is 4.57 Å². The maximum atomic E-state index is 2.41. The highest BCUT2D eigenvalue weighted by Gasteiger charge is 2.17. The molecule has 1 heterocycles. The number of fused-ring (bicyclic) bond motifs is 6. The van der Waals surface area contributed by atoms with Crippen molar-refractivity contribution in [3.63, 3.8) is 0 Å². The van der Waals surface area contributed by atoms with Gasteiger partial charge in [0.2, 0.25) is 0 Å². The molecule has 0 atom stereocenters. The van der Waals surface area contributed by atoms with Crippen LogP contribution in [0.4, 0.5) is 17.1 Å². The third-order valence-electron chi connectivity index (χ3n) is 11.6. The first-order valence-electron chi connectivity index (χ1n) is 19.9. The largest absolute Gasteiger partial charge is 0.310 e. The number of rotatable bonds is 7. The molecule has 1 aromatic heterocycles. The summed E-state index contributed by atoms with van der Waals surface area (Å²) in [6, 6.07) is 83.6. The Kier molecular flexibility index (Phi) is 8.19. The van der Waals surface area contributed by atoms with Crippen LogP contribution in [0.2, 0.25) is 0 Å². The second kappa shape index (κ2) is 14.1. The number of hydrogen-bond donors (Lipinski definition) is 0. The minimum absolute atomic E-state index is 1.10. The first-order valence-corrected chi connectivity index (χ1v) is 19.9. The molecule has 0 aliphatic rings. The van der Waals surface area contributed by atoms with E-state index in [1.54, 1.807) is 0 Å². The van der Waals surface area contributed by atoms with Gasteiger partial charge in [0.05, 0.1) is 16.7 Å². The van der Waals surface area contributed by atoms with Crippen molar-refractivity contribution in [2.75, 3.05) is 4.90 Å². The van der Waals surface area contributed by atoms with Crippen molar-refractivity contribution in [1.29, 1.82) is 0 Å². The first kappa shape index (κ1) is 33.6. The Balaban J connectivity index is 0.985. The number of nitrogens with zero attached hydrogens (tertiary/aromatic N) is 2. The van der Waals surface area contributed by atoms with Crippen LogP contribution in [0.5, 0.6) is 0 Å². The molecule has 0 unspecified atom stereocenters. The van der Waals surface area contributed by atoms with Gasteiger partial charge in [-0.05, 0) is 110 Å². The van der Waals surface area contributed by atoms with Gasteiger partial charge in [0, 0.05) is 33.4 Å². The summed E-state index contributed by atoms with van der Waals surface area (Å²) in [5.41, 5.74) is 14.1. The van der Waals surface area contributed by atoms with Gasteiger partial charge in [-0.3, -0.25) is 0 Å². The zero-order valence-electron chi connectivity index (χ0n) is 31.8. The van der Waals surface area contributed by atoms with E-state index in [0.717, 1.165) is 17.1 Å². The molecule has 0 saturated carbocycles. The fourth-order valence-corrected chi connectivity index (χ4v) is 8.78. The summed E-state index contributed by atoms with van der Waals surface area (Å²) in [6.45, 7) is 0. The molecule has 0 radical (unpaired) electrons. The first-order chi connectivity index (χ1) is 28.8. The summed E-state index contributed by atoms with van der Waals surface area (Å²) in [5.74, 6) is 0. The number of benzene rings is 10. The molecular weight excluding hydrogens is 701 g/mol. The Morgan fingerprint density at radius 1 is 0.276 bits per heavy atom. The van der Waals surface area contributed by atoms with E-state index < -0.39 is 0 Å². The van der Waals surface area contributed by atoms with Gasteiger partial charge >= 0.3 is 0 Å². The van der Waals surface area contributed by atoms with Crippen LogP contribution in [0, 0.1) is 0 Å². The minimum Gasteiger partial charge on any atom is -0.310 e. The summed E-state index contributed by atoms with van der Waals surface area (Å²) in [5, 5.41) is 7.54. The van der Waals surface area contributed by atoms with Crippen molar-refractivity contribution in [2.24, 2.45) is 0 Å². The van der Waals surface area contributed by atoms with Gasteiger partial charge in [0.1, 0.15) is 0 Å². The van der Waals surface area contributed by atoms with Gasteiger partial charge in [-0.25, -0.2) is 0 Å². The summed E-state index contributed by atoms with van der Waals surface area (Å²) in [6.07, 6.45) is 0. The van der Waals surface area contributed by atoms with Gasteiger partial charge in [0.15, 0.2) is 0 Å². The quantitative estimate of drug-likeness (QED) is 0.148. The molecule has 0 N–H and O–H groups in total. The third-order valence-corrected chi connectivity index (χ3v) is 11.6. The minimum atomic E-state index is 1.10.